The highest BCUT2D eigenvalue weighted by molar-refractivity contribution is 6.42. The number of rotatable bonds is 4. The summed E-state index contributed by atoms with van der Waals surface area (Å²) in [6, 6.07) is 10.7. The van der Waals surface area contributed by atoms with Crippen molar-refractivity contribution in [3.05, 3.63) is 58.3 Å². The highest BCUT2D eigenvalue weighted by Crippen LogP contribution is 2.24. The van der Waals surface area contributed by atoms with E-state index >= 15 is 0 Å². The van der Waals surface area contributed by atoms with Crippen LogP contribution < -0.4 is 10.6 Å². The van der Waals surface area contributed by atoms with E-state index in [-0.39, 0.29) is 12.5 Å². The molecule has 0 saturated carbocycles. The first-order chi connectivity index (χ1) is 9.54. The monoisotopic (exact) mass is 312 g/mol. The average molecular weight is 313 g/mol. The molecule has 2 aromatic carbocycles. The lowest BCUT2D eigenvalue weighted by atomic mass is 10.3. The molecule has 2 aromatic rings. The second-order valence-electron chi connectivity index (χ2n) is 4.04. The fraction of sp³-hybridized carbons (Fsp3) is 0.0714. The maximum atomic E-state index is 13.0. The second kappa shape index (κ2) is 6.59. The van der Waals surface area contributed by atoms with Crippen LogP contribution in [0.1, 0.15) is 0 Å². The molecule has 0 aromatic heterocycles. The number of nitrogens with one attached hydrogen (secondary N) is 2. The summed E-state index contributed by atoms with van der Waals surface area (Å²) in [6.07, 6.45) is 0. The van der Waals surface area contributed by atoms with Crippen molar-refractivity contribution in [2.75, 3.05) is 17.2 Å². The predicted octanol–water partition coefficient (Wildman–Crippen LogP) is 4.18. The van der Waals surface area contributed by atoms with E-state index in [9.17, 15) is 9.18 Å². The van der Waals surface area contributed by atoms with Gasteiger partial charge in [0.2, 0.25) is 5.91 Å². The maximum Gasteiger partial charge on any atom is 0.243 e. The van der Waals surface area contributed by atoms with Crippen molar-refractivity contribution in [1.82, 2.24) is 0 Å². The molecule has 0 atom stereocenters. The molecule has 0 saturated heterocycles. The minimum atomic E-state index is -0.403. The minimum Gasteiger partial charge on any atom is -0.376 e. The summed E-state index contributed by atoms with van der Waals surface area (Å²) in [4.78, 5) is 11.7. The Balaban J connectivity index is 1.90. The summed E-state index contributed by atoms with van der Waals surface area (Å²) >= 11 is 11.7. The molecule has 20 heavy (non-hydrogen) atoms. The highest BCUT2D eigenvalue weighted by Gasteiger charge is 2.04. The third-order valence-corrected chi connectivity index (χ3v) is 3.22. The van der Waals surface area contributed by atoms with Crippen molar-refractivity contribution in [3.63, 3.8) is 0 Å². The van der Waals surface area contributed by atoms with Crippen LogP contribution in [0.15, 0.2) is 42.5 Å². The fourth-order valence-corrected chi connectivity index (χ4v) is 1.86. The molecular formula is C14H11Cl2FN2O. The van der Waals surface area contributed by atoms with Crippen molar-refractivity contribution in [1.29, 1.82) is 0 Å². The minimum absolute atomic E-state index is 0.0362. The van der Waals surface area contributed by atoms with E-state index in [2.05, 4.69) is 10.6 Å². The van der Waals surface area contributed by atoms with Crippen molar-refractivity contribution < 1.29 is 9.18 Å². The van der Waals surface area contributed by atoms with E-state index in [1.807, 2.05) is 0 Å². The van der Waals surface area contributed by atoms with Gasteiger partial charge in [-0.15, -0.1) is 0 Å². The molecule has 0 aliphatic heterocycles. The van der Waals surface area contributed by atoms with E-state index in [1.165, 1.54) is 18.2 Å². The van der Waals surface area contributed by atoms with Gasteiger partial charge in [0.25, 0.3) is 0 Å². The summed E-state index contributed by atoms with van der Waals surface area (Å²) in [5, 5.41) is 6.33. The lowest BCUT2D eigenvalue weighted by Gasteiger charge is -2.08. The number of hydrogen-bond acceptors (Lipinski definition) is 2. The van der Waals surface area contributed by atoms with Gasteiger partial charge in [0.1, 0.15) is 5.82 Å². The predicted molar refractivity (Wildman–Crippen MR) is 80.0 cm³/mol. The Labute approximate surface area is 125 Å². The fourth-order valence-electron chi connectivity index (χ4n) is 1.56. The van der Waals surface area contributed by atoms with Crippen LogP contribution >= 0.6 is 23.2 Å². The zero-order valence-electron chi connectivity index (χ0n) is 10.3. The number of benzene rings is 2. The number of anilines is 2. The lowest BCUT2D eigenvalue weighted by Crippen LogP contribution is -2.21. The molecule has 0 bridgehead atoms. The van der Waals surface area contributed by atoms with Gasteiger partial charge in [-0.05, 0) is 36.4 Å². The number of carbonyl (C=O) groups excluding carboxylic acids is 1. The summed E-state index contributed by atoms with van der Waals surface area (Å²) in [7, 11) is 0. The number of hydrogen-bond donors (Lipinski definition) is 2. The Morgan fingerprint density at radius 3 is 2.55 bits per heavy atom. The van der Waals surface area contributed by atoms with Gasteiger partial charge in [0, 0.05) is 11.4 Å². The van der Waals surface area contributed by atoms with Crippen LogP contribution in [0.25, 0.3) is 0 Å². The first kappa shape index (κ1) is 14.6. The molecule has 0 radical (unpaired) electrons. The molecule has 0 aliphatic rings. The molecule has 0 aliphatic carbocycles. The molecule has 0 fully saturated rings. The van der Waals surface area contributed by atoms with Crippen molar-refractivity contribution >= 4 is 40.5 Å². The summed E-state index contributed by atoms with van der Waals surface area (Å²) in [5.41, 5.74) is 1.08. The molecule has 0 unspecified atom stereocenters. The molecule has 3 nitrogen and oxygen atoms in total. The second-order valence-corrected chi connectivity index (χ2v) is 4.86. The number of amides is 1. The SMILES string of the molecule is O=C(CNc1ccc(Cl)c(Cl)c1)Nc1cccc(F)c1. The van der Waals surface area contributed by atoms with Crippen molar-refractivity contribution in [2.24, 2.45) is 0 Å². The molecule has 0 heterocycles. The smallest absolute Gasteiger partial charge is 0.243 e. The molecular weight excluding hydrogens is 302 g/mol. The van der Waals surface area contributed by atoms with Gasteiger partial charge >= 0.3 is 0 Å². The maximum absolute atomic E-state index is 13.0. The molecule has 0 spiro atoms. The van der Waals surface area contributed by atoms with Crippen molar-refractivity contribution in [3.8, 4) is 0 Å². The van der Waals surface area contributed by atoms with E-state index in [0.29, 0.717) is 21.4 Å². The van der Waals surface area contributed by atoms with E-state index in [0.717, 1.165) is 0 Å². The van der Waals surface area contributed by atoms with Crippen molar-refractivity contribution in [2.45, 2.75) is 0 Å². The molecule has 2 rings (SSSR count). The zero-order valence-corrected chi connectivity index (χ0v) is 11.8. The number of carbonyl (C=O) groups is 1. The van der Waals surface area contributed by atoms with Crippen LogP contribution in [0, 0.1) is 5.82 Å². The van der Waals surface area contributed by atoms with Gasteiger partial charge in [0.15, 0.2) is 0 Å². The zero-order chi connectivity index (χ0) is 14.5. The van der Waals surface area contributed by atoms with Gasteiger partial charge in [-0.1, -0.05) is 29.3 Å². The van der Waals surface area contributed by atoms with Crippen LogP contribution in [-0.4, -0.2) is 12.5 Å². The molecule has 2 N–H and O–H groups in total. The van der Waals surface area contributed by atoms with Crippen LogP contribution in [0.4, 0.5) is 15.8 Å². The summed E-state index contributed by atoms with van der Waals surface area (Å²) in [5.74, 6) is -0.693. The normalized spacial score (nSPS) is 10.2. The number of halogens is 3. The quantitative estimate of drug-likeness (QED) is 0.889. The van der Waals surface area contributed by atoms with Gasteiger partial charge in [-0.25, -0.2) is 4.39 Å². The molecule has 1 amide bonds. The van der Waals surface area contributed by atoms with E-state index in [4.69, 9.17) is 23.2 Å². The third-order valence-electron chi connectivity index (χ3n) is 2.48. The lowest BCUT2D eigenvalue weighted by molar-refractivity contribution is -0.114. The van der Waals surface area contributed by atoms with Gasteiger partial charge in [-0.2, -0.15) is 0 Å². The Hall–Kier alpha value is -1.78. The van der Waals surface area contributed by atoms with E-state index < -0.39 is 5.82 Å². The Morgan fingerprint density at radius 2 is 1.85 bits per heavy atom. The Kier molecular flexibility index (Phi) is 4.82. The van der Waals surface area contributed by atoms with E-state index in [1.54, 1.807) is 24.3 Å². The van der Waals surface area contributed by atoms with Crippen LogP contribution in [0.5, 0.6) is 0 Å². The standard InChI is InChI=1S/C14H11Cl2FN2O/c15-12-5-4-10(7-13(12)16)18-8-14(20)19-11-3-1-2-9(17)6-11/h1-7,18H,8H2,(H,19,20). The van der Waals surface area contributed by atoms with Gasteiger partial charge < -0.3 is 10.6 Å². The summed E-state index contributed by atoms with van der Waals surface area (Å²) < 4.78 is 13.0. The highest BCUT2D eigenvalue weighted by atomic mass is 35.5. The molecule has 104 valence electrons. The van der Waals surface area contributed by atoms with Crippen LogP contribution in [0.3, 0.4) is 0 Å². The Bertz CT molecular complexity index is 634. The summed E-state index contributed by atoms with van der Waals surface area (Å²) in [6.45, 7) is 0.0362. The average Bonchev–Trinajstić information content (AvgIpc) is 2.40. The topological polar surface area (TPSA) is 41.1 Å². The third kappa shape index (κ3) is 4.11. The van der Waals surface area contributed by atoms with Gasteiger partial charge in [0.05, 0.1) is 16.6 Å². The first-order valence-corrected chi connectivity index (χ1v) is 6.54. The van der Waals surface area contributed by atoms with Crippen LogP contribution in [-0.2, 0) is 4.79 Å². The molecule has 6 heteroatoms. The largest absolute Gasteiger partial charge is 0.376 e. The first-order valence-electron chi connectivity index (χ1n) is 5.79. The van der Waals surface area contributed by atoms with Crippen LogP contribution in [0.2, 0.25) is 10.0 Å². The Morgan fingerprint density at radius 1 is 1.05 bits per heavy atom. The van der Waals surface area contributed by atoms with Gasteiger partial charge in [-0.3, -0.25) is 4.79 Å².